The SMILES string of the molecule is COc1cc(Nc2cccc(C(=O)NC3CCN(Cc4ccccc4)CC3)n2)cc(OC)c1OC. The van der Waals surface area contributed by atoms with Crippen LogP contribution >= 0.6 is 0 Å². The van der Waals surface area contributed by atoms with E-state index in [-0.39, 0.29) is 11.9 Å². The molecule has 8 nitrogen and oxygen atoms in total. The molecular weight excluding hydrogens is 444 g/mol. The highest BCUT2D eigenvalue weighted by Gasteiger charge is 2.22. The molecule has 4 rings (SSSR count). The van der Waals surface area contributed by atoms with Gasteiger partial charge >= 0.3 is 0 Å². The first-order valence-electron chi connectivity index (χ1n) is 11.7. The minimum atomic E-state index is -0.167. The number of pyridine rings is 1. The minimum absolute atomic E-state index is 0.142. The number of likely N-dealkylation sites (tertiary alicyclic amines) is 1. The highest BCUT2D eigenvalue weighted by atomic mass is 16.5. The van der Waals surface area contributed by atoms with E-state index >= 15 is 0 Å². The number of anilines is 2. The lowest BCUT2D eigenvalue weighted by Gasteiger charge is -2.32. The van der Waals surface area contributed by atoms with Crippen molar-refractivity contribution in [2.24, 2.45) is 0 Å². The summed E-state index contributed by atoms with van der Waals surface area (Å²) in [4.78, 5) is 19.8. The van der Waals surface area contributed by atoms with Gasteiger partial charge in [-0.2, -0.15) is 0 Å². The normalized spacial score (nSPS) is 14.3. The number of ether oxygens (including phenoxy) is 3. The van der Waals surface area contributed by atoms with E-state index in [1.54, 1.807) is 39.5 Å². The van der Waals surface area contributed by atoms with Gasteiger partial charge < -0.3 is 24.8 Å². The van der Waals surface area contributed by atoms with Gasteiger partial charge in [-0.1, -0.05) is 36.4 Å². The molecule has 1 amide bonds. The van der Waals surface area contributed by atoms with E-state index in [4.69, 9.17) is 14.2 Å². The van der Waals surface area contributed by atoms with Crippen LogP contribution in [0.5, 0.6) is 17.2 Å². The summed E-state index contributed by atoms with van der Waals surface area (Å²) in [7, 11) is 4.69. The lowest BCUT2D eigenvalue weighted by Crippen LogP contribution is -2.44. The fourth-order valence-electron chi connectivity index (χ4n) is 4.27. The molecule has 1 aliphatic heterocycles. The number of amides is 1. The van der Waals surface area contributed by atoms with E-state index in [1.165, 1.54) is 5.56 Å². The Morgan fingerprint density at radius 2 is 1.63 bits per heavy atom. The van der Waals surface area contributed by atoms with Crippen molar-refractivity contribution in [2.75, 3.05) is 39.7 Å². The van der Waals surface area contributed by atoms with Crippen molar-refractivity contribution in [3.05, 3.63) is 71.9 Å². The Hall–Kier alpha value is -3.78. The number of carbonyl (C=O) groups excluding carboxylic acids is 1. The number of hydrogen-bond donors (Lipinski definition) is 2. The molecule has 1 saturated heterocycles. The molecule has 2 N–H and O–H groups in total. The Bertz CT molecular complexity index is 1110. The molecule has 1 aliphatic rings. The summed E-state index contributed by atoms with van der Waals surface area (Å²) in [6.07, 6.45) is 1.84. The summed E-state index contributed by atoms with van der Waals surface area (Å²) in [6.45, 7) is 2.85. The Balaban J connectivity index is 1.35. The summed E-state index contributed by atoms with van der Waals surface area (Å²) in [6, 6.07) is 19.5. The van der Waals surface area contributed by atoms with Gasteiger partial charge in [0.05, 0.1) is 21.3 Å². The van der Waals surface area contributed by atoms with Gasteiger partial charge in [0.25, 0.3) is 5.91 Å². The second kappa shape index (κ2) is 11.6. The quantitative estimate of drug-likeness (QED) is 0.478. The van der Waals surface area contributed by atoms with Crippen molar-refractivity contribution in [3.63, 3.8) is 0 Å². The molecule has 3 aromatic rings. The van der Waals surface area contributed by atoms with Crippen molar-refractivity contribution in [2.45, 2.75) is 25.4 Å². The monoisotopic (exact) mass is 476 g/mol. The van der Waals surface area contributed by atoms with Gasteiger partial charge in [0.2, 0.25) is 5.75 Å². The van der Waals surface area contributed by atoms with Crippen LogP contribution in [0.25, 0.3) is 0 Å². The summed E-state index contributed by atoms with van der Waals surface area (Å²) >= 11 is 0. The number of aromatic nitrogens is 1. The third kappa shape index (κ3) is 6.22. The first-order chi connectivity index (χ1) is 17.1. The maximum atomic E-state index is 12.9. The highest BCUT2D eigenvalue weighted by molar-refractivity contribution is 5.93. The fraction of sp³-hybridized carbons (Fsp3) is 0.333. The van der Waals surface area contributed by atoms with Crippen LogP contribution in [0.1, 0.15) is 28.9 Å². The van der Waals surface area contributed by atoms with E-state index in [0.29, 0.717) is 34.4 Å². The molecule has 0 bridgehead atoms. The number of nitrogens with zero attached hydrogens (tertiary/aromatic N) is 2. The van der Waals surface area contributed by atoms with Gasteiger partial charge in [-0.25, -0.2) is 4.98 Å². The molecule has 0 radical (unpaired) electrons. The molecule has 2 aromatic carbocycles. The van der Waals surface area contributed by atoms with Crippen LogP contribution < -0.4 is 24.8 Å². The predicted molar refractivity (Wildman–Crippen MR) is 136 cm³/mol. The second-order valence-corrected chi connectivity index (χ2v) is 8.46. The summed E-state index contributed by atoms with van der Waals surface area (Å²) in [5, 5.41) is 6.37. The Labute approximate surface area is 206 Å². The van der Waals surface area contributed by atoms with Crippen LogP contribution in [0.15, 0.2) is 60.7 Å². The maximum Gasteiger partial charge on any atom is 0.270 e. The van der Waals surface area contributed by atoms with E-state index in [2.05, 4.69) is 44.8 Å². The number of carbonyl (C=O) groups is 1. The number of methoxy groups -OCH3 is 3. The van der Waals surface area contributed by atoms with Crippen LogP contribution in [0.2, 0.25) is 0 Å². The van der Waals surface area contributed by atoms with E-state index in [1.807, 2.05) is 18.2 Å². The zero-order valence-electron chi connectivity index (χ0n) is 20.4. The third-order valence-electron chi connectivity index (χ3n) is 6.09. The molecule has 1 aromatic heterocycles. The molecule has 1 fully saturated rings. The first kappa shape index (κ1) is 24.3. The molecule has 2 heterocycles. The Morgan fingerprint density at radius 3 is 2.26 bits per heavy atom. The standard InChI is InChI=1S/C27H32N4O4/c1-33-23-16-21(17-24(34-2)26(23)35-3)28-25-11-7-10-22(30-25)27(32)29-20-12-14-31(15-13-20)18-19-8-5-4-6-9-19/h4-11,16-17,20H,12-15,18H2,1-3H3,(H,28,30)(H,29,32). The second-order valence-electron chi connectivity index (χ2n) is 8.46. The van der Waals surface area contributed by atoms with Gasteiger partial charge in [-0.05, 0) is 30.5 Å². The summed E-state index contributed by atoms with van der Waals surface area (Å²) in [5.74, 6) is 1.95. The third-order valence-corrected chi connectivity index (χ3v) is 6.09. The number of nitrogens with one attached hydrogen (secondary N) is 2. The molecule has 0 unspecified atom stereocenters. The number of benzene rings is 2. The molecular formula is C27H32N4O4. The van der Waals surface area contributed by atoms with Gasteiger partial charge in [-0.15, -0.1) is 0 Å². The summed E-state index contributed by atoms with van der Waals surface area (Å²) < 4.78 is 16.2. The van der Waals surface area contributed by atoms with Gasteiger partial charge in [0, 0.05) is 43.5 Å². The number of rotatable bonds is 9. The largest absolute Gasteiger partial charge is 0.493 e. The average molecular weight is 477 g/mol. The average Bonchev–Trinajstić information content (AvgIpc) is 2.90. The topological polar surface area (TPSA) is 85.0 Å². The molecule has 184 valence electrons. The van der Waals surface area contributed by atoms with Crippen LogP contribution in [-0.2, 0) is 6.54 Å². The molecule has 0 atom stereocenters. The zero-order valence-corrected chi connectivity index (χ0v) is 20.4. The number of hydrogen-bond acceptors (Lipinski definition) is 7. The van der Waals surface area contributed by atoms with Crippen molar-refractivity contribution in [3.8, 4) is 17.2 Å². The molecule has 35 heavy (non-hydrogen) atoms. The van der Waals surface area contributed by atoms with Crippen molar-refractivity contribution in [1.82, 2.24) is 15.2 Å². The molecule has 0 aliphatic carbocycles. The maximum absolute atomic E-state index is 12.9. The molecule has 0 saturated carbocycles. The minimum Gasteiger partial charge on any atom is -0.493 e. The van der Waals surface area contributed by atoms with Crippen LogP contribution in [0.4, 0.5) is 11.5 Å². The van der Waals surface area contributed by atoms with Gasteiger partial charge in [0.1, 0.15) is 11.5 Å². The first-order valence-corrected chi connectivity index (χ1v) is 11.7. The number of piperidine rings is 1. The molecule has 0 spiro atoms. The lowest BCUT2D eigenvalue weighted by atomic mass is 10.0. The van der Waals surface area contributed by atoms with Crippen LogP contribution in [-0.4, -0.2) is 56.3 Å². The van der Waals surface area contributed by atoms with Crippen molar-refractivity contribution in [1.29, 1.82) is 0 Å². The van der Waals surface area contributed by atoms with E-state index in [0.717, 1.165) is 32.5 Å². The van der Waals surface area contributed by atoms with E-state index in [9.17, 15) is 4.79 Å². The van der Waals surface area contributed by atoms with Gasteiger partial charge in [-0.3, -0.25) is 9.69 Å². The lowest BCUT2D eigenvalue weighted by molar-refractivity contribution is 0.0904. The van der Waals surface area contributed by atoms with Crippen molar-refractivity contribution >= 4 is 17.4 Å². The van der Waals surface area contributed by atoms with Crippen LogP contribution in [0.3, 0.4) is 0 Å². The Kier molecular flexibility index (Phi) is 8.05. The Morgan fingerprint density at radius 1 is 0.943 bits per heavy atom. The zero-order chi connectivity index (χ0) is 24.6. The predicted octanol–water partition coefficient (Wildman–Crippen LogP) is 4.25. The van der Waals surface area contributed by atoms with Crippen LogP contribution in [0, 0.1) is 0 Å². The fourth-order valence-corrected chi connectivity index (χ4v) is 4.27. The van der Waals surface area contributed by atoms with E-state index < -0.39 is 0 Å². The molecule has 8 heteroatoms. The van der Waals surface area contributed by atoms with Gasteiger partial charge in [0.15, 0.2) is 11.5 Å². The highest BCUT2D eigenvalue weighted by Crippen LogP contribution is 2.40. The smallest absolute Gasteiger partial charge is 0.270 e. The summed E-state index contributed by atoms with van der Waals surface area (Å²) in [5.41, 5.74) is 2.39. The van der Waals surface area contributed by atoms with Crippen molar-refractivity contribution < 1.29 is 19.0 Å².